The molecule has 0 bridgehead atoms. The summed E-state index contributed by atoms with van der Waals surface area (Å²) in [4.78, 5) is 65.1. The number of carbonyl (C=O) groups is 4. The maximum absolute atomic E-state index is 15.4. The van der Waals surface area contributed by atoms with Gasteiger partial charge in [0.15, 0.2) is 0 Å². The summed E-state index contributed by atoms with van der Waals surface area (Å²) in [5, 5.41) is 6.98. The number of likely N-dealkylation sites (tertiary alicyclic amines) is 1. The van der Waals surface area contributed by atoms with E-state index in [1.807, 2.05) is 38.9 Å². The first kappa shape index (κ1) is 41.0. The number of rotatable bonds is 10. The van der Waals surface area contributed by atoms with Gasteiger partial charge in [0.1, 0.15) is 17.7 Å². The third kappa shape index (κ3) is 8.71. The Balaban J connectivity index is 0.754. The number of nitrogens with zero attached hydrogens (tertiary/aromatic N) is 7. The minimum absolute atomic E-state index is 0.0431. The van der Waals surface area contributed by atoms with Crippen LogP contribution in [0.1, 0.15) is 84.5 Å². The summed E-state index contributed by atoms with van der Waals surface area (Å²) in [7, 11) is 0. The molecule has 0 spiro atoms. The summed E-state index contributed by atoms with van der Waals surface area (Å²) in [5.41, 5.74) is 5.63. The van der Waals surface area contributed by atoms with Crippen LogP contribution < -0.4 is 5.32 Å². The van der Waals surface area contributed by atoms with Crippen LogP contribution in [0.15, 0.2) is 67.1 Å². The molecule has 5 aromatic rings. The number of nitrogens with one attached hydrogen (secondary N) is 1. The highest BCUT2D eigenvalue weighted by Gasteiger charge is 2.39. The molecule has 9 rings (SSSR count). The number of hydrogen-bond acceptors (Lipinski definition) is 9. The lowest BCUT2D eigenvalue weighted by atomic mass is 10.0. The number of piperidine rings is 2. The van der Waals surface area contributed by atoms with Crippen LogP contribution >= 0.6 is 0 Å². The highest BCUT2D eigenvalue weighted by molar-refractivity contribution is 6.05. The van der Waals surface area contributed by atoms with Crippen molar-refractivity contribution >= 4 is 34.7 Å². The predicted molar refractivity (Wildman–Crippen MR) is 225 cm³/mol. The van der Waals surface area contributed by atoms with E-state index in [9.17, 15) is 19.2 Å². The Hall–Kier alpha value is -6.37. The highest BCUT2D eigenvalue weighted by atomic mass is 19.1. The van der Waals surface area contributed by atoms with Gasteiger partial charge >= 0.3 is 0 Å². The molecule has 3 fully saturated rings. The van der Waals surface area contributed by atoms with Crippen molar-refractivity contribution in [1.82, 2.24) is 39.8 Å². The molecule has 318 valence electrons. The fourth-order valence-electron chi connectivity index (χ4n) is 8.79. The average molecular weight is 841 g/mol. The molecule has 0 radical (unpaired) electrons. The second-order valence-electron chi connectivity index (χ2n) is 16.3. The van der Waals surface area contributed by atoms with Gasteiger partial charge in [-0.25, -0.2) is 13.8 Å². The molecule has 4 amide bonds. The van der Waals surface area contributed by atoms with Gasteiger partial charge < -0.3 is 14.5 Å². The number of ether oxygens (including phenoxy) is 1. The Labute approximate surface area is 357 Å². The predicted octanol–water partition coefficient (Wildman–Crippen LogP) is 5.81. The van der Waals surface area contributed by atoms with E-state index in [0.717, 1.165) is 42.4 Å². The van der Waals surface area contributed by atoms with Crippen LogP contribution in [0.4, 0.5) is 8.78 Å². The van der Waals surface area contributed by atoms with Crippen LogP contribution in [0.5, 0.6) is 0 Å². The summed E-state index contributed by atoms with van der Waals surface area (Å²) >= 11 is 0. The van der Waals surface area contributed by atoms with Gasteiger partial charge in [0, 0.05) is 92.5 Å². The summed E-state index contributed by atoms with van der Waals surface area (Å²) in [6.07, 6.45) is 9.99. The molecule has 1 N–H and O–H groups in total. The van der Waals surface area contributed by atoms with Gasteiger partial charge in [-0.15, -0.1) is 0 Å². The molecule has 13 nitrogen and oxygen atoms in total. The SMILES string of the molecule is O=C1CCC(N2Cc3ccc(C#CCCCCC(=O)N4CCC(n5cc(-c6cnc7cccc(-c8cc(F)c(CN9CCOCC9)c(F)c8)c7n6)cn5)CC4)cc3C2=O)C(=O)N1. The van der Waals surface area contributed by atoms with Crippen LogP contribution in [0.25, 0.3) is 33.4 Å². The Morgan fingerprint density at radius 3 is 2.50 bits per heavy atom. The summed E-state index contributed by atoms with van der Waals surface area (Å²) in [6.45, 7) is 4.12. The first-order valence-electron chi connectivity index (χ1n) is 21.3. The molecule has 3 aromatic carbocycles. The van der Waals surface area contributed by atoms with Gasteiger partial charge in [-0.1, -0.05) is 30.0 Å². The van der Waals surface area contributed by atoms with Crippen molar-refractivity contribution in [2.75, 3.05) is 39.4 Å². The van der Waals surface area contributed by atoms with Crippen LogP contribution in [0.3, 0.4) is 0 Å². The van der Waals surface area contributed by atoms with Crippen LogP contribution in [-0.4, -0.2) is 104 Å². The fourth-order valence-corrected chi connectivity index (χ4v) is 8.79. The number of amides is 4. The second kappa shape index (κ2) is 17.9. The fraction of sp³-hybridized carbons (Fsp3) is 0.383. The number of morpholine rings is 1. The molecule has 4 aliphatic heterocycles. The van der Waals surface area contributed by atoms with Gasteiger partial charge in [-0.3, -0.25) is 39.1 Å². The third-order valence-electron chi connectivity index (χ3n) is 12.3. The van der Waals surface area contributed by atoms with E-state index in [0.29, 0.717) is 98.6 Å². The van der Waals surface area contributed by atoms with E-state index in [4.69, 9.17) is 9.72 Å². The molecule has 3 saturated heterocycles. The number of para-hydroxylation sites is 1. The highest BCUT2D eigenvalue weighted by Crippen LogP contribution is 2.33. The first-order valence-corrected chi connectivity index (χ1v) is 21.3. The zero-order valence-corrected chi connectivity index (χ0v) is 34.2. The number of imide groups is 1. The van der Waals surface area contributed by atoms with Crippen molar-refractivity contribution in [1.29, 1.82) is 0 Å². The first-order chi connectivity index (χ1) is 30.2. The number of halogens is 2. The molecule has 4 aliphatic rings. The molecule has 0 saturated carbocycles. The van der Waals surface area contributed by atoms with Gasteiger partial charge in [0.05, 0.1) is 48.4 Å². The van der Waals surface area contributed by atoms with E-state index >= 15 is 8.78 Å². The lowest BCUT2D eigenvalue weighted by Crippen LogP contribution is -2.52. The number of fused-ring (bicyclic) bond motifs is 2. The van der Waals surface area contributed by atoms with E-state index < -0.39 is 23.6 Å². The summed E-state index contributed by atoms with van der Waals surface area (Å²) in [5.74, 6) is 4.27. The van der Waals surface area contributed by atoms with Gasteiger partial charge in [-0.05, 0) is 73.6 Å². The number of benzene rings is 3. The van der Waals surface area contributed by atoms with Crippen molar-refractivity contribution in [3.8, 4) is 34.2 Å². The zero-order valence-electron chi connectivity index (χ0n) is 34.2. The normalized spacial score (nSPS) is 18.5. The lowest BCUT2D eigenvalue weighted by molar-refractivity contribution is -0.137. The van der Waals surface area contributed by atoms with E-state index in [1.54, 1.807) is 30.6 Å². The van der Waals surface area contributed by atoms with Crippen molar-refractivity contribution in [2.24, 2.45) is 0 Å². The molecular weight excluding hydrogens is 795 g/mol. The molecule has 1 atom stereocenters. The van der Waals surface area contributed by atoms with E-state index in [1.165, 1.54) is 17.0 Å². The Bertz CT molecular complexity index is 2600. The number of hydrogen-bond donors (Lipinski definition) is 1. The number of unbranched alkanes of at least 4 members (excludes halogenated alkanes) is 2. The maximum atomic E-state index is 15.4. The monoisotopic (exact) mass is 840 g/mol. The van der Waals surface area contributed by atoms with Gasteiger partial charge in [0.25, 0.3) is 5.91 Å². The topological polar surface area (TPSA) is 143 Å². The number of carbonyl (C=O) groups excluding carboxylic acids is 4. The third-order valence-corrected chi connectivity index (χ3v) is 12.3. The largest absolute Gasteiger partial charge is 0.379 e. The summed E-state index contributed by atoms with van der Waals surface area (Å²) in [6, 6.07) is 13.2. The van der Waals surface area contributed by atoms with Crippen molar-refractivity contribution in [3.63, 3.8) is 0 Å². The molecular formula is C47H46F2N8O5. The quantitative estimate of drug-likeness (QED) is 0.105. The zero-order chi connectivity index (χ0) is 42.7. The van der Waals surface area contributed by atoms with Gasteiger partial charge in [0.2, 0.25) is 17.7 Å². The Morgan fingerprint density at radius 1 is 0.903 bits per heavy atom. The summed E-state index contributed by atoms with van der Waals surface area (Å²) < 4.78 is 38.1. The second-order valence-corrected chi connectivity index (χ2v) is 16.3. The minimum atomic E-state index is -0.651. The Kier molecular flexibility index (Phi) is 11.9. The molecule has 0 aliphatic carbocycles. The maximum Gasteiger partial charge on any atom is 0.255 e. The van der Waals surface area contributed by atoms with E-state index in [-0.39, 0.29) is 42.3 Å². The van der Waals surface area contributed by atoms with Crippen LogP contribution in [0, 0.1) is 23.5 Å². The smallest absolute Gasteiger partial charge is 0.255 e. The lowest BCUT2D eigenvalue weighted by Gasteiger charge is -2.32. The Morgan fingerprint density at radius 2 is 1.71 bits per heavy atom. The molecule has 15 heteroatoms. The molecule has 1 unspecified atom stereocenters. The van der Waals surface area contributed by atoms with Crippen LogP contribution in [0.2, 0.25) is 0 Å². The van der Waals surface area contributed by atoms with Crippen molar-refractivity contribution in [2.45, 2.75) is 76.5 Å². The standard InChI is InChI=1S/C47H46F2N8O5/c48-38-23-32(24-39(49)37(38)29-54-18-20-62-21-19-54)35-7-5-8-40-45(35)52-41(26-50-40)33-25-51-57(28-33)34-14-16-55(17-15-34)44(59)9-4-2-1-3-6-30-10-11-31-27-56(47(61)36(31)22-30)42-12-13-43(58)53-46(42)60/h5,7-8,10-11,22-26,28,34,42H,1-2,4,9,12-21,27,29H2,(H,53,58,60). The van der Waals surface area contributed by atoms with Gasteiger partial charge in [-0.2, -0.15) is 5.10 Å². The number of aromatic nitrogens is 4. The minimum Gasteiger partial charge on any atom is -0.379 e. The molecule has 2 aromatic heterocycles. The van der Waals surface area contributed by atoms with Crippen LogP contribution in [-0.2, 0) is 32.2 Å². The molecule has 62 heavy (non-hydrogen) atoms. The van der Waals surface area contributed by atoms with E-state index in [2.05, 4.69) is 27.2 Å². The van der Waals surface area contributed by atoms with Crippen molar-refractivity contribution in [3.05, 3.63) is 101 Å². The average Bonchev–Trinajstić information content (AvgIpc) is 3.91. The molecule has 6 heterocycles. The van der Waals surface area contributed by atoms with Crippen molar-refractivity contribution < 1.29 is 32.7 Å².